The fourth-order valence-corrected chi connectivity index (χ4v) is 3.83. The summed E-state index contributed by atoms with van der Waals surface area (Å²) in [5.41, 5.74) is 1.44. The number of hydrogen-bond donors (Lipinski definition) is 1. The lowest BCUT2D eigenvalue weighted by Gasteiger charge is -2.30. The molecule has 0 bridgehead atoms. The molecule has 3 heteroatoms. The van der Waals surface area contributed by atoms with Crippen LogP contribution >= 0.6 is 15.9 Å². The van der Waals surface area contributed by atoms with Crippen LogP contribution in [0.25, 0.3) is 0 Å². The number of rotatable bonds is 6. The van der Waals surface area contributed by atoms with E-state index in [4.69, 9.17) is 0 Å². The number of halogens is 2. The van der Waals surface area contributed by atoms with Gasteiger partial charge in [-0.25, -0.2) is 4.39 Å². The van der Waals surface area contributed by atoms with E-state index in [0.29, 0.717) is 11.3 Å². The Morgan fingerprint density at radius 2 is 1.95 bits per heavy atom. The zero-order chi connectivity index (χ0) is 14.6. The van der Waals surface area contributed by atoms with Gasteiger partial charge >= 0.3 is 0 Å². The van der Waals surface area contributed by atoms with Crippen molar-refractivity contribution in [3.8, 4) is 0 Å². The van der Waals surface area contributed by atoms with Gasteiger partial charge in [0.2, 0.25) is 0 Å². The monoisotopic (exact) mass is 341 g/mol. The van der Waals surface area contributed by atoms with Crippen molar-refractivity contribution < 1.29 is 4.39 Å². The highest BCUT2D eigenvalue weighted by Gasteiger charge is 2.33. The van der Waals surface area contributed by atoms with Crippen molar-refractivity contribution in [2.24, 2.45) is 11.3 Å². The summed E-state index contributed by atoms with van der Waals surface area (Å²) >= 11 is 3.40. The summed E-state index contributed by atoms with van der Waals surface area (Å²) in [6, 6.07) is 5.28. The number of benzene rings is 1. The van der Waals surface area contributed by atoms with Gasteiger partial charge in [0.05, 0.1) is 0 Å². The molecule has 20 heavy (non-hydrogen) atoms. The lowest BCUT2D eigenvalue weighted by Crippen LogP contribution is -2.35. The van der Waals surface area contributed by atoms with Crippen molar-refractivity contribution in [1.29, 1.82) is 0 Å². The van der Waals surface area contributed by atoms with E-state index >= 15 is 0 Å². The Hall–Kier alpha value is -0.410. The third kappa shape index (κ3) is 4.56. The zero-order valence-electron chi connectivity index (χ0n) is 12.5. The van der Waals surface area contributed by atoms with E-state index in [2.05, 4.69) is 41.2 Å². The van der Waals surface area contributed by atoms with Gasteiger partial charge in [-0.3, -0.25) is 0 Å². The molecule has 1 aromatic rings. The minimum Gasteiger partial charge on any atom is -0.316 e. The van der Waals surface area contributed by atoms with Crippen LogP contribution < -0.4 is 5.32 Å². The summed E-state index contributed by atoms with van der Waals surface area (Å²) < 4.78 is 14.4. The molecule has 0 aromatic heterocycles. The lowest BCUT2D eigenvalue weighted by atomic mass is 9.80. The van der Waals surface area contributed by atoms with Crippen LogP contribution in [-0.4, -0.2) is 13.1 Å². The topological polar surface area (TPSA) is 12.0 Å². The second-order valence-electron chi connectivity index (χ2n) is 6.69. The molecule has 112 valence electrons. The van der Waals surface area contributed by atoms with Crippen LogP contribution in [0.4, 0.5) is 4.39 Å². The van der Waals surface area contributed by atoms with Gasteiger partial charge in [0.15, 0.2) is 0 Å². The van der Waals surface area contributed by atoms with Crippen LogP contribution in [0.5, 0.6) is 0 Å². The minimum absolute atomic E-state index is 0.141. The first-order valence-electron chi connectivity index (χ1n) is 7.65. The Kier molecular flexibility index (Phi) is 5.62. The van der Waals surface area contributed by atoms with Crippen molar-refractivity contribution in [2.75, 3.05) is 13.1 Å². The van der Waals surface area contributed by atoms with E-state index in [1.165, 1.54) is 31.7 Å². The Labute approximate surface area is 130 Å². The molecule has 0 saturated heterocycles. The summed E-state index contributed by atoms with van der Waals surface area (Å²) in [5, 5.41) is 3.61. The Morgan fingerprint density at radius 3 is 2.55 bits per heavy atom. The highest BCUT2D eigenvalue weighted by Crippen LogP contribution is 2.40. The van der Waals surface area contributed by atoms with Gasteiger partial charge in [0.1, 0.15) is 5.82 Å². The maximum atomic E-state index is 13.5. The molecule has 0 amide bonds. The summed E-state index contributed by atoms with van der Waals surface area (Å²) in [6.07, 6.45) is 6.10. The predicted molar refractivity (Wildman–Crippen MR) is 86.4 cm³/mol. The van der Waals surface area contributed by atoms with E-state index in [9.17, 15) is 4.39 Å². The van der Waals surface area contributed by atoms with Crippen LogP contribution in [0.2, 0.25) is 0 Å². The molecule has 0 radical (unpaired) electrons. The molecular formula is C17H25BrFN. The van der Waals surface area contributed by atoms with Crippen LogP contribution in [0.15, 0.2) is 22.7 Å². The van der Waals surface area contributed by atoms with Gasteiger partial charge in [0.25, 0.3) is 0 Å². The standard InChI is InChI=1S/C17H25BrFN/c1-13(2)11-20-12-17(5-3-4-6-17)10-14-7-15(18)9-16(19)8-14/h7-9,13,20H,3-6,10-12H2,1-2H3. The normalized spacial score (nSPS) is 17.9. The summed E-state index contributed by atoms with van der Waals surface area (Å²) in [4.78, 5) is 0. The molecule has 1 saturated carbocycles. The highest BCUT2D eigenvalue weighted by molar-refractivity contribution is 9.10. The molecule has 0 aliphatic heterocycles. The molecule has 2 rings (SSSR count). The molecule has 0 spiro atoms. The van der Waals surface area contributed by atoms with Crippen LogP contribution in [0, 0.1) is 17.2 Å². The Bertz CT molecular complexity index is 418. The summed E-state index contributed by atoms with van der Waals surface area (Å²) in [7, 11) is 0. The number of nitrogens with one attached hydrogen (secondary N) is 1. The molecule has 0 atom stereocenters. The van der Waals surface area contributed by atoms with E-state index in [1.807, 2.05) is 0 Å². The fourth-order valence-electron chi connectivity index (χ4n) is 3.31. The first-order chi connectivity index (χ1) is 9.49. The van der Waals surface area contributed by atoms with Crippen LogP contribution in [-0.2, 0) is 6.42 Å². The molecule has 1 fully saturated rings. The van der Waals surface area contributed by atoms with Crippen molar-refractivity contribution in [1.82, 2.24) is 5.32 Å². The molecule has 1 aromatic carbocycles. The average molecular weight is 342 g/mol. The molecule has 1 nitrogen and oxygen atoms in total. The van der Waals surface area contributed by atoms with Crippen LogP contribution in [0.1, 0.15) is 45.1 Å². The average Bonchev–Trinajstić information content (AvgIpc) is 2.75. The quantitative estimate of drug-likeness (QED) is 0.772. The molecular weight excluding hydrogens is 317 g/mol. The smallest absolute Gasteiger partial charge is 0.124 e. The molecule has 0 heterocycles. The van der Waals surface area contributed by atoms with E-state index < -0.39 is 0 Å². The van der Waals surface area contributed by atoms with Gasteiger partial charge in [-0.05, 0) is 60.9 Å². The fraction of sp³-hybridized carbons (Fsp3) is 0.647. The van der Waals surface area contributed by atoms with E-state index in [0.717, 1.165) is 29.5 Å². The summed E-state index contributed by atoms with van der Waals surface area (Å²) in [6.45, 7) is 6.59. The Balaban J connectivity index is 2.04. The first kappa shape index (κ1) is 16.0. The second-order valence-corrected chi connectivity index (χ2v) is 7.60. The largest absolute Gasteiger partial charge is 0.316 e. The van der Waals surface area contributed by atoms with Gasteiger partial charge in [0, 0.05) is 11.0 Å². The van der Waals surface area contributed by atoms with Gasteiger partial charge < -0.3 is 5.32 Å². The maximum Gasteiger partial charge on any atom is 0.124 e. The highest BCUT2D eigenvalue weighted by atomic mass is 79.9. The second kappa shape index (κ2) is 7.04. The molecule has 1 N–H and O–H groups in total. The van der Waals surface area contributed by atoms with Crippen molar-refractivity contribution in [3.05, 3.63) is 34.1 Å². The van der Waals surface area contributed by atoms with Gasteiger partial charge in [-0.2, -0.15) is 0 Å². The first-order valence-corrected chi connectivity index (χ1v) is 8.44. The van der Waals surface area contributed by atoms with Crippen molar-refractivity contribution in [3.63, 3.8) is 0 Å². The van der Waals surface area contributed by atoms with E-state index in [-0.39, 0.29) is 5.82 Å². The van der Waals surface area contributed by atoms with Gasteiger partial charge in [-0.1, -0.05) is 42.6 Å². The molecule has 1 aliphatic carbocycles. The third-order valence-corrected chi connectivity index (χ3v) is 4.68. The number of hydrogen-bond acceptors (Lipinski definition) is 1. The lowest BCUT2D eigenvalue weighted by molar-refractivity contribution is 0.272. The van der Waals surface area contributed by atoms with Gasteiger partial charge in [-0.15, -0.1) is 0 Å². The maximum absolute atomic E-state index is 13.5. The predicted octanol–water partition coefficient (Wildman–Crippen LogP) is 4.94. The Morgan fingerprint density at radius 1 is 1.25 bits per heavy atom. The zero-order valence-corrected chi connectivity index (χ0v) is 14.1. The van der Waals surface area contributed by atoms with E-state index in [1.54, 1.807) is 6.07 Å². The summed E-state index contributed by atoms with van der Waals surface area (Å²) in [5.74, 6) is 0.537. The van der Waals surface area contributed by atoms with Crippen LogP contribution in [0.3, 0.4) is 0 Å². The third-order valence-electron chi connectivity index (χ3n) is 4.22. The minimum atomic E-state index is -0.141. The SMILES string of the molecule is CC(C)CNCC1(Cc2cc(F)cc(Br)c2)CCCC1. The molecule has 0 unspecified atom stereocenters. The van der Waals surface area contributed by atoms with Crippen molar-refractivity contribution in [2.45, 2.75) is 46.0 Å². The molecule has 1 aliphatic rings. The van der Waals surface area contributed by atoms with Crippen molar-refractivity contribution >= 4 is 15.9 Å².